The summed E-state index contributed by atoms with van der Waals surface area (Å²) in [7, 11) is 2.94. The summed E-state index contributed by atoms with van der Waals surface area (Å²) in [6.07, 6.45) is 0.263. The molecular formula is C17H20N2O7. The van der Waals surface area contributed by atoms with Crippen molar-refractivity contribution in [3.05, 3.63) is 23.8 Å². The first-order valence-electron chi connectivity index (χ1n) is 7.95. The number of hydrogen-bond acceptors (Lipinski definition) is 7. The fraction of sp³-hybridized carbons (Fsp3) is 0.412. The van der Waals surface area contributed by atoms with E-state index in [-0.39, 0.29) is 37.6 Å². The van der Waals surface area contributed by atoms with E-state index in [0.29, 0.717) is 17.1 Å². The Morgan fingerprint density at radius 2 is 1.88 bits per heavy atom. The Kier molecular flexibility index (Phi) is 6.54. The molecule has 9 heteroatoms. The summed E-state index contributed by atoms with van der Waals surface area (Å²) in [5.74, 6) is -0.397. The summed E-state index contributed by atoms with van der Waals surface area (Å²) in [5, 5.41) is 2.39. The first-order valence-corrected chi connectivity index (χ1v) is 7.95. The Morgan fingerprint density at radius 3 is 2.50 bits per heavy atom. The standard InChI is InChI=1S/C17H20N2O7/c1-24-13-6-5-11(8-14(13)25-2)12(20)10-26-16(22)4-3-7-19-15(21)9-18-17(19)23/h5-6,8H,3-4,7,9-10H2,1-2H3,(H,18,23). The van der Waals surface area contributed by atoms with E-state index in [2.05, 4.69) is 5.32 Å². The van der Waals surface area contributed by atoms with E-state index < -0.39 is 18.6 Å². The van der Waals surface area contributed by atoms with Crippen molar-refractivity contribution in [1.29, 1.82) is 0 Å². The Labute approximate surface area is 150 Å². The maximum Gasteiger partial charge on any atom is 0.324 e. The molecular weight excluding hydrogens is 344 g/mol. The van der Waals surface area contributed by atoms with Crippen LogP contribution in [0.25, 0.3) is 0 Å². The zero-order valence-electron chi connectivity index (χ0n) is 14.6. The normalized spacial score (nSPS) is 13.4. The molecule has 0 unspecified atom stereocenters. The molecule has 0 spiro atoms. The molecule has 1 saturated heterocycles. The fourth-order valence-corrected chi connectivity index (χ4v) is 2.37. The lowest BCUT2D eigenvalue weighted by molar-refractivity contribution is -0.142. The van der Waals surface area contributed by atoms with Crippen molar-refractivity contribution in [3.63, 3.8) is 0 Å². The third-order valence-electron chi connectivity index (χ3n) is 3.77. The van der Waals surface area contributed by atoms with E-state index in [1.165, 1.54) is 20.3 Å². The van der Waals surface area contributed by atoms with Gasteiger partial charge in [-0.05, 0) is 24.6 Å². The number of ketones is 1. The van der Waals surface area contributed by atoms with Crippen LogP contribution in [0.3, 0.4) is 0 Å². The molecule has 1 aromatic rings. The van der Waals surface area contributed by atoms with Gasteiger partial charge in [0.1, 0.15) is 0 Å². The molecule has 0 atom stereocenters. The fourth-order valence-electron chi connectivity index (χ4n) is 2.37. The topological polar surface area (TPSA) is 111 Å². The van der Waals surface area contributed by atoms with Crippen LogP contribution in [0.4, 0.5) is 4.79 Å². The number of ether oxygens (including phenoxy) is 3. The van der Waals surface area contributed by atoms with Gasteiger partial charge in [0.05, 0.1) is 20.8 Å². The number of amides is 3. The molecule has 1 N–H and O–H groups in total. The lowest BCUT2D eigenvalue weighted by Gasteiger charge is -2.11. The number of imide groups is 1. The lowest BCUT2D eigenvalue weighted by Crippen LogP contribution is -2.32. The minimum absolute atomic E-state index is 0.00370. The number of benzene rings is 1. The highest BCUT2D eigenvalue weighted by Crippen LogP contribution is 2.27. The summed E-state index contributed by atoms with van der Waals surface area (Å²) in [6, 6.07) is 4.18. The summed E-state index contributed by atoms with van der Waals surface area (Å²) < 4.78 is 15.2. The van der Waals surface area contributed by atoms with Gasteiger partial charge in [-0.25, -0.2) is 4.79 Å². The number of esters is 1. The Balaban J connectivity index is 1.77. The molecule has 2 rings (SSSR count). The highest BCUT2D eigenvalue weighted by molar-refractivity contribution is 6.02. The molecule has 1 aliphatic rings. The molecule has 0 bridgehead atoms. The average Bonchev–Trinajstić information content (AvgIpc) is 2.97. The van der Waals surface area contributed by atoms with Crippen LogP contribution in [0.15, 0.2) is 18.2 Å². The monoisotopic (exact) mass is 364 g/mol. The van der Waals surface area contributed by atoms with Gasteiger partial charge in [0.15, 0.2) is 23.9 Å². The smallest absolute Gasteiger partial charge is 0.324 e. The molecule has 1 heterocycles. The zero-order chi connectivity index (χ0) is 19.1. The minimum atomic E-state index is -0.578. The number of hydrogen-bond donors (Lipinski definition) is 1. The van der Waals surface area contributed by atoms with Crippen LogP contribution in [-0.4, -0.2) is 62.5 Å². The van der Waals surface area contributed by atoms with Crippen molar-refractivity contribution in [2.75, 3.05) is 33.9 Å². The maximum atomic E-state index is 12.1. The molecule has 26 heavy (non-hydrogen) atoms. The molecule has 1 aromatic carbocycles. The van der Waals surface area contributed by atoms with E-state index >= 15 is 0 Å². The first-order chi connectivity index (χ1) is 12.5. The summed E-state index contributed by atoms with van der Waals surface area (Å²) in [5.41, 5.74) is 0.329. The number of carbonyl (C=O) groups excluding carboxylic acids is 4. The first kappa shape index (κ1) is 19.2. The van der Waals surface area contributed by atoms with Gasteiger partial charge < -0.3 is 19.5 Å². The molecule has 0 aromatic heterocycles. The number of Topliss-reactive ketones (excluding diaryl/α,β-unsaturated/α-hetero) is 1. The summed E-state index contributed by atoms with van der Waals surface area (Å²) >= 11 is 0. The lowest BCUT2D eigenvalue weighted by atomic mass is 10.1. The van der Waals surface area contributed by atoms with Gasteiger partial charge in [-0.2, -0.15) is 0 Å². The minimum Gasteiger partial charge on any atom is -0.493 e. The Morgan fingerprint density at radius 1 is 1.15 bits per heavy atom. The number of nitrogens with one attached hydrogen (secondary N) is 1. The second kappa shape index (κ2) is 8.84. The van der Waals surface area contributed by atoms with Crippen molar-refractivity contribution in [1.82, 2.24) is 10.2 Å². The largest absolute Gasteiger partial charge is 0.493 e. The zero-order valence-corrected chi connectivity index (χ0v) is 14.6. The maximum absolute atomic E-state index is 12.1. The van der Waals surface area contributed by atoms with Crippen molar-refractivity contribution < 1.29 is 33.4 Å². The number of carbonyl (C=O) groups is 4. The van der Waals surface area contributed by atoms with Crippen molar-refractivity contribution in [3.8, 4) is 11.5 Å². The van der Waals surface area contributed by atoms with Crippen LogP contribution in [0.2, 0.25) is 0 Å². The van der Waals surface area contributed by atoms with Crippen molar-refractivity contribution >= 4 is 23.7 Å². The predicted molar refractivity (Wildman–Crippen MR) is 89.2 cm³/mol. The molecule has 1 aliphatic heterocycles. The number of urea groups is 1. The average molecular weight is 364 g/mol. The highest BCUT2D eigenvalue weighted by atomic mass is 16.5. The van der Waals surface area contributed by atoms with Crippen LogP contribution in [0, 0.1) is 0 Å². The van der Waals surface area contributed by atoms with Gasteiger partial charge in [-0.3, -0.25) is 19.3 Å². The number of rotatable bonds is 9. The Hall–Kier alpha value is -3.10. The van der Waals surface area contributed by atoms with E-state index in [0.717, 1.165) is 4.90 Å². The van der Waals surface area contributed by atoms with E-state index in [9.17, 15) is 19.2 Å². The van der Waals surface area contributed by atoms with E-state index in [1.54, 1.807) is 12.1 Å². The van der Waals surface area contributed by atoms with E-state index in [1.807, 2.05) is 0 Å². The second-order valence-corrected chi connectivity index (χ2v) is 5.46. The van der Waals surface area contributed by atoms with Crippen molar-refractivity contribution in [2.45, 2.75) is 12.8 Å². The highest BCUT2D eigenvalue weighted by Gasteiger charge is 2.27. The SMILES string of the molecule is COc1ccc(C(=O)COC(=O)CCCN2C(=O)CNC2=O)cc1OC. The van der Waals surface area contributed by atoms with Gasteiger partial charge in [0.25, 0.3) is 0 Å². The third-order valence-corrected chi connectivity index (χ3v) is 3.77. The molecule has 9 nitrogen and oxygen atoms in total. The summed E-state index contributed by atoms with van der Waals surface area (Å²) in [6.45, 7) is -0.302. The molecule has 3 amide bonds. The molecule has 140 valence electrons. The molecule has 0 radical (unpaired) electrons. The third kappa shape index (κ3) is 4.71. The van der Waals surface area contributed by atoms with Gasteiger partial charge in [0, 0.05) is 18.5 Å². The quantitative estimate of drug-likeness (QED) is 0.391. The number of methoxy groups -OCH3 is 2. The molecule has 0 aliphatic carbocycles. The predicted octanol–water partition coefficient (Wildman–Crippen LogP) is 0.762. The second-order valence-electron chi connectivity index (χ2n) is 5.46. The van der Waals surface area contributed by atoms with Gasteiger partial charge in [-0.1, -0.05) is 0 Å². The van der Waals surface area contributed by atoms with Crippen LogP contribution >= 0.6 is 0 Å². The van der Waals surface area contributed by atoms with Gasteiger partial charge >= 0.3 is 12.0 Å². The van der Waals surface area contributed by atoms with Crippen LogP contribution in [0.1, 0.15) is 23.2 Å². The van der Waals surface area contributed by atoms with Gasteiger partial charge in [0.2, 0.25) is 5.91 Å². The molecule has 1 fully saturated rings. The summed E-state index contributed by atoms with van der Waals surface area (Å²) in [4.78, 5) is 47.6. The van der Waals surface area contributed by atoms with Crippen LogP contribution in [-0.2, 0) is 14.3 Å². The van der Waals surface area contributed by atoms with Crippen LogP contribution < -0.4 is 14.8 Å². The Bertz CT molecular complexity index is 701. The van der Waals surface area contributed by atoms with Crippen LogP contribution in [0.5, 0.6) is 11.5 Å². The number of nitrogens with zero attached hydrogens (tertiary/aromatic N) is 1. The van der Waals surface area contributed by atoms with Gasteiger partial charge in [-0.15, -0.1) is 0 Å². The molecule has 0 saturated carbocycles. The van der Waals surface area contributed by atoms with Crippen molar-refractivity contribution in [2.24, 2.45) is 0 Å². The van der Waals surface area contributed by atoms with E-state index in [4.69, 9.17) is 14.2 Å².